The van der Waals surface area contributed by atoms with E-state index in [1.165, 1.54) is 0 Å². The van der Waals surface area contributed by atoms with Crippen molar-refractivity contribution in [2.45, 2.75) is 32.7 Å². The Balaban J connectivity index is 2.83. The minimum atomic E-state index is -0.118. The van der Waals surface area contributed by atoms with Crippen LogP contribution in [0.3, 0.4) is 0 Å². The summed E-state index contributed by atoms with van der Waals surface area (Å²) in [5.74, 6) is 0. The number of hydrogen-bond donors (Lipinski definition) is 3. The molecule has 0 atom stereocenters. The number of rotatable bonds is 4. The van der Waals surface area contributed by atoms with Gasteiger partial charge in [-0.1, -0.05) is 6.07 Å². The molecule has 4 N–H and O–H groups in total. The highest BCUT2D eigenvalue weighted by atomic mass is 16.3. The van der Waals surface area contributed by atoms with Crippen molar-refractivity contribution in [3.63, 3.8) is 0 Å². The maximum atomic E-state index is 8.94. The second-order valence-corrected chi connectivity index (χ2v) is 4.56. The van der Waals surface area contributed by atoms with Crippen LogP contribution in [0.1, 0.15) is 25.8 Å². The quantitative estimate of drug-likeness (QED) is 0.664. The van der Waals surface area contributed by atoms with Gasteiger partial charge in [0.15, 0.2) is 0 Å². The van der Waals surface area contributed by atoms with Crippen molar-refractivity contribution in [3.8, 4) is 0 Å². The van der Waals surface area contributed by atoms with E-state index in [4.69, 9.17) is 10.8 Å². The number of aliphatic hydroxyl groups is 1. The number of nitrogen functional groups attached to an aromatic ring is 1. The number of anilines is 2. The largest absolute Gasteiger partial charge is 0.399 e. The minimum Gasteiger partial charge on any atom is -0.399 e. The summed E-state index contributed by atoms with van der Waals surface area (Å²) in [6.07, 6.45) is 0.710. The highest BCUT2D eigenvalue weighted by molar-refractivity contribution is 5.60. The Bertz CT molecular complexity index is 334. The lowest BCUT2D eigenvalue weighted by Gasteiger charge is -2.27. The summed E-state index contributed by atoms with van der Waals surface area (Å²) in [4.78, 5) is 0. The summed E-state index contributed by atoms with van der Waals surface area (Å²) in [5.41, 5.74) is 8.56. The van der Waals surface area contributed by atoms with Gasteiger partial charge in [0.25, 0.3) is 0 Å². The third-order valence-corrected chi connectivity index (χ3v) is 2.47. The molecule has 15 heavy (non-hydrogen) atoms. The van der Waals surface area contributed by atoms with E-state index in [0.717, 1.165) is 16.9 Å². The zero-order valence-electron chi connectivity index (χ0n) is 9.67. The summed E-state index contributed by atoms with van der Waals surface area (Å²) in [6.45, 7) is 6.34. The Morgan fingerprint density at radius 3 is 2.67 bits per heavy atom. The first-order valence-electron chi connectivity index (χ1n) is 5.20. The molecule has 0 saturated heterocycles. The van der Waals surface area contributed by atoms with Crippen molar-refractivity contribution in [3.05, 3.63) is 23.8 Å². The number of aryl methyl sites for hydroxylation is 1. The fourth-order valence-electron chi connectivity index (χ4n) is 1.48. The molecule has 0 spiro atoms. The molecule has 0 fully saturated rings. The Hall–Kier alpha value is -1.22. The first kappa shape index (κ1) is 11.9. The molecule has 1 rings (SSSR count). The molecule has 0 aromatic heterocycles. The average molecular weight is 208 g/mol. The third-order valence-electron chi connectivity index (χ3n) is 2.47. The molecule has 0 saturated carbocycles. The van der Waals surface area contributed by atoms with E-state index in [1.807, 2.05) is 25.1 Å². The van der Waals surface area contributed by atoms with Crippen LogP contribution >= 0.6 is 0 Å². The fraction of sp³-hybridized carbons (Fsp3) is 0.500. The Morgan fingerprint density at radius 1 is 1.40 bits per heavy atom. The van der Waals surface area contributed by atoms with Gasteiger partial charge in [-0.05, 0) is 44.9 Å². The first-order chi connectivity index (χ1) is 6.94. The molecule has 0 aliphatic carbocycles. The van der Waals surface area contributed by atoms with Crippen LogP contribution in [0.5, 0.6) is 0 Å². The minimum absolute atomic E-state index is 0.118. The highest BCUT2D eigenvalue weighted by Crippen LogP contribution is 2.23. The molecule has 0 aliphatic rings. The summed E-state index contributed by atoms with van der Waals surface area (Å²) in [5, 5.41) is 12.3. The number of aliphatic hydroxyl groups excluding tert-OH is 1. The topological polar surface area (TPSA) is 58.3 Å². The number of nitrogens with two attached hydrogens (primary N) is 1. The van der Waals surface area contributed by atoms with Gasteiger partial charge >= 0.3 is 0 Å². The van der Waals surface area contributed by atoms with Crippen molar-refractivity contribution < 1.29 is 5.11 Å². The Morgan fingerprint density at radius 2 is 2.07 bits per heavy atom. The van der Waals surface area contributed by atoms with Crippen LogP contribution in [0.4, 0.5) is 11.4 Å². The number of hydrogen-bond acceptors (Lipinski definition) is 3. The summed E-state index contributed by atoms with van der Waals surface area (Å²) in [7, 11) is 0. The SMILES string of the molecule is Cc1ccc(N)cc1NC(C)(C)CCO. The first-order valence-corrected chi connectivity index (χ1v) is 5.20. The molecule has 0 radical (unpaired) electrons. The van der Waals surface area contributed by atoms with Crippen molar-refractivity contribution in [1.82, 2.24) is 0 Å². The van der Waals surface area contributed by atoms with Gasteiger partial charge in [-0.3, -0.25) is 0 Å². The molecule has 3 heteroatoms. The van der Waals surface area contributed by atoms with Gasteiger partial charge in [0, 0.05) is 23.5 Å². The van der Waals surface area contributed by atoms with Gasteiger partial charge in [0.05, 0.1) is 0 Å². The van der Waals surface area contributed by atoms with Crippen LogP contribution in [0.15, 0.2) is 18.2 Å². The van der Waals surface area contributed by atoms with E-state index >= 15 is 0 Å². The Kier molecular flexibility index (Phi) is 3.58. The van der Waals surface area contributed by atoms with Crippen LogP contribution in [0.25, 0.3) is 0 Å². The number of nitrogens with one attached hydrogen (secondary N) is 1. The van der Waals surface area contributed by atoms with Crippen molar-refractivity contribution >= 4 is 11.4 Å². The van der Waals surface area contributed by atoms with Gasteiger partial charge in [0.1, 0.15) is 0 Å². The predicted octanol–water partition coefficient (Wildman–Crippen LogP) is 2.15. The average Bonchev–Trinajstić information content (AvgIpc) is 2.10. The highest BCUT2D eigenvalue weighted by Gasteiger charge is 2.17. The molecule has 84 valence electrons. The summed E-state index contributed by atoms with van der Waals surface area (Å²) < 4.78 is 0. The van der Waals surface area contributed by atoms with Crippen LogP contribution in [-0.4, -0.2) is 17.3 Å². The monoisotopic (exact) mass is 208 g/mol. The van der Waals surface area contributed by atoms with E-state index in [0.29, 0.717) is 6.42 Å². The zero-order chi connectivity index (χ0) is 11.5. The van der Waals surface area contributed by atoms with Gasteiger partial charge in [-0.25, -0.2) is 0 Å². The van der Waals surface area contributed by atoms with Crippen LogP contribution in [0, 0.1) is 6.92 Å². The van der Waals surface area contributed by atoms with Crippen molar-refractivity contribution in [2.24, 2.45) is 0 Å². The third kappa shape index (κ3) is 3.44. The van der Waals surface area contributed by atoms with E-state index in [-0.39, 0.29) is 12.1 Å². The van der Waals surface area contributed by atoms with Gasteiger partial charge in [-0.2, -0.15) is 0 Å². The van der Waals surface area contributed by atoms with Crippen molar-refractivity contribution in [2.75, 3.05) is 17.7 Å². The molecule has 0 unspecified atom stereocenters. The van der Waals surface area contributed by atoms with E-state index < -0.39 is 0 Å². The second-order valence-electron chi connectivity index (χ2n) is 4.56. The smallest absolute Gasteiger partial charge is 0.0453 e. The second kappa shape index (κ2) is 4.53. The summed E-state index contributed by atoms with van der Waals surface area (Å²) >= 11 is 0. The molecule has 0 aliphatic heterocycles. The van der Waals surface area contributed by atoms with Crippen LogP contribution in [0.2, 0.25) is 0 Å². The maximum absolute atomic E-state index is 8.94. The van der Waals surface area contributed by atoms with Gasteiger partial charge in [-0.15, -0.1) is 0 Å². The fourth-order valence-corrected chi connectivity index (χ4v) is 1.48. The molecule has 1 aromatic rings. The molecule has 0 bridgehead atoms. The maximum Gasteiger partial charge on any atom is 0.0453 e. The standard InChI is InChI=1S/C12H20N2O/c1-9-4-5-10(13)8-11(9)14-12(2,3)6-7-15/h4-5,8,14-15H,6-7,13H2,1-3H3. The Labute approximate surface area is 91.3 Å². The van der Waals surface area contributed by atoms with E-state index in [2.05, 4.69) is 19.2 Å². The van der Waals surface area contributed by atoms with Crippen molar-refractivity contribution in [1.29, 1.82) is 0 Å². The van der Waals surface area contributed by atoms with Gasteiger partial charge in [0.2, 0.25) is 0 Å². The van der Waals surface area contributed by atoms with Crippen LogP contribution in [-0.2, 0) is 0 Å². The summed E-state index contributed by atoms with van der Waals surface area (Å²) in [6, 6.07) is 5.81. The lowest BCUT2D eigenvalue weighted by atomic mass is 10.00. The van der Waals surface area contributed by atoms with Gasteiger partial charge < -0.3 is 16.2 Å². The molecule has 0 heterocycles. The van der Waals surface area contributed by atoms with E-state index in [1.54, 1.807) is 0 Å². The molecule has 1 aromatic carbocycles. The molecule has 3 nitrogen and oxygen atoms in total. The molecular weight excluding hydrogens is 188 g/mol. The normalized spacial score (nSPS) is 11.5. The lowest BCUT2D eigenvalue weighted by Crippen LogP contribution is -2.32. The van der Waals surface area contributed by atoms with Crippen LogP contribution < -0.4 is 11.1 Å². The number of benzene rings is 1. The zero-order valence-corrected chi connectivity index (χ0v) is 9.67. The lowest BCUT2D eigenvalue weighted by molar-refractivity contribution is 0.261. The van der Waals surface area contributed by atoms with E-state index in [9.17, 15) is 0 Å². The predicted molar refractivity (Wildman–Crippen MR) is 65.0 cm³/mol. The molecular formula is C12H20N2O. The molecule has 0 amide bonds.